The maximum absolute atomic E-state index is 9.40. The van der Waals surface area contributed by atoms with Crippen molar-refractivity contribution in [3.05, 3.63) is 35.8 Å². The molecule has 0 aliphatic heterocycles. The van der Waals surface area contributed by atoms with Gasteiger partial charge in [0.15, 0.2) is 0 Å². The van der Waals surface area contributed by atoms with E-state index in [-0.39, 0.29) is 6.04 Å². The lowest BCUT2D eigenvalue weighted by Crippen LogP contribution is -2.24. The van der Waals surface area contributed by atoms with Gasteiger partial charge in [-0.15, -0.1) is 0 Å². The molecule has 5 nitrogen and oxygen atoms in total. The number of hydrogen-bond donors (Lipinski definition) is 1. The van der Waals surface area contributed by atoms with Crippen molar-refractivity contribution in [1.82, 2.24) is 14.7 Å². The van der Waals surface area contributed by atoms with Crippen LogP contribution in [-0.2, 0) is 4.74 Å². The lowest BCUT2D eigenvalue weighted by atomic mass is 10.2. The zero-order chi connectivity index (χ0) is 14.4. The zero-order valence-electron chi connectivity index (χ0n) is 12.0. The molecule has 0 saturated heterocycles. The molecular formula is C15H20N4O. The number of rotatable bonds is 7. The third-order valence-electron chi connectivity index (χ3n) is 3.17. The Bertz CT molecular complexity index is 599. The third-order valence-corrected chi connectivity index (χ3v) is 3.17. The molecule has 5 heteroatoms. The van der Waals surface area contributed by atoms with E-state index in [0.717, 1.165) is 36.6 Å². The molecule has 0 aliphatic carbocycles. The van der Waals surface area contributed by atoms with Gasteiger partial charge in [0, 0.05) is 19.4 Å². The lowest BCUT2D eigenvalue weighted by molar-refractivity contribution is 0.144. The van der Waals surface area contributed by atoms with Crippen molar-refractivity contribution in [2.24, 2.45) is 0 Å². The number of nitrogens with one attached hydrogen (secondary N) is 1. The fourth-order valence-electron chi connectivity index (χ4n) is 2.25. The van der Waals surface area contributed by atoms with Crippen molar-refractivity contribution in [3.8, 4) is 6.07 Å². The number of nitrogens with zero attached hydrogens (tertiary/aromatic N) is 3. The van der Waals surface area contributed by atoms with Crippen LogP contribution < -0.4 is 5.32 Å². The van der Waals surface area contributed by atoms with E-state index >= 15 is 0 Å². The van der Waals surface area contributed by atoms with Gasteiger partial charge in [0.25, 0.3) is 0 Å². The van der Waals surface area contributed by atoms with Crippen LogP contribution in [0.4, 0.5) is 0 Å². The first kappa shape index (κ1) is 14.5. The Balaban J connectivity index is 2.10. The summed E-state index contributed by atoms with van der Waals surface area (Å²) in [6, 6.07) is 7.80. The van der Waals surface area contributed by atoms with Crippen LogP contribution in [0.3, 0.4) is 0 Å². The molecule has 2 aromatic heterocycles. The smallest absolute Gasteiger partial charge is 0.138 e. The highest BCUT2D eigenvalue weighted by Crippen LogP contribution is 2.19. The molecule has 0 bridgehead atoms. The van der Waals surface area contributed by atoms with Gasteiger partial charge in [-0.1, -0.05) is 6.07 Å². The fourth-order valence-corrected chi connectivity index (χ4v) is 2.25. The Kier molecular flexibility index (Phi) is 5.10. The minimum absolute atomic E-state index is 0.353. The molecule has 1 unspecified atom stereocenters. The van der Waals surface area contributed by atoms with Gasteiger partial charge in [0.1, 0.15) is 11.7 Å². The van der Waals surface area contributed by atoms with Crippen LogP contribution >= 0.6 is 0 Å². The Morgan fingerprint density at radius 1 is 1.50 bits per heavy atom. The number of nitriles is 1. The van der Waals surface area contributed by atoms with E-state index in [9.17, 15) is 5.26 Å². The van der Waals surface area contributed by atoms with E-state index < -0.39 is 0 Å². The van der Waals surface area contributed by atoms with Gasteiger partial charge in [-0.05, 0) is 38.9 Å². The number of pyridine rings is 1. The predicted molar refractivity (Wildman–Crippen MR) is 77.4 cm³/mol. The standard InChI is InChI=1S/C15H20N4O/c1-3-20-10-6-8-17-13(11-16)15-12(2)18-14-7-4-5-9-19(14)15/h4-5,7,9,13,17H,3,6,8,10H2,1-2H3. The minimum Gasteiger partial charge on any atom is -0.382 e. The molecule has 106 valence electrons. The summed E-state index contributed by atoms with van der Waals surface area (Å²) in [5.41, 5.74) is 2.68. The maximum atomic E-state index is 9.40. The molecular weight excluding hydrogens is 252 g/mol. The molecule has 2 rings (SSSR count). The molecule has 0 aliphatic rings. The molecule has 0 amide bonds. The number of ether oxygens (including phenoxy) is 1. The number of imidazole rings is 1. The average Bonchev–Trinajstić information content (AvgIpc) is 2.79. The summed E-state index contributed by atoms with van der Waals surface area (Å²) in [6.45, 7) is 6.11. The highest BCUT2D eigenvalue weighted by Gasteiger charge is 2.18. The topological polar surface area (TPSA) is 62.3 Å². The zero-order valence-corrected chi connectivity index (χ0v) is 12.0. The van der Waals surface area contributed by atoms with E-state index in [1.165, 1.54) is 0 Å². The molecule has 2 heterocycles. The van der Waals surface area contributed by atoms with Crippen LogP contribution in [0.2, 0.25) is 0 Å². The van der Waals surface area contributed by atoms with E-state index in [4.69, 9.17) is 4.74 Å². The highest BCUT2D eigenvalue weighted by molar-refractivity contribution is 5.44. The highest BCUT2D eigenvalue weighted by atomic mass is 16.5. The number of aryl methyl sites for hydroxylation is 1. The van der Waals surface area contributed by atoms with Crippen LogP contribution in [0.25, 0.3) is 5.65 Å². The van der Waals surface area contributed by atoms with Crippen LogP contribution in [0.15, 0.2) is 24.4 Å². The molecule has 20 heavy (non-hydrogen) atoms. The van der Waals surface area contributed by atoms with Gasteiger partial charge in [0.05, 0.1) is 17.5 Å². The van der Waals surface area contributed by atoms with Gasteiger partial charge in [-0.3, -0.25) is 5.32 Å². The van der Waals surface area contributed by atoms with Crippen molar-refractivity contribution in [2.45, 2.75) is 26.3 Å². The first-order valence-electron chi connectivity index (χ1n) is 6.92. The van der Waals surface area contributed by atoms with Gasteiger partial charge in [0.2, 0.25) is 0 Å². The average molecular weight is 272 g/mol. The molecule has 0 spiro atoms. The van der Waals surface area contributed by atoms with Crippen LogP contribution in [0, 0.1) is 18.3 Å². The first-order valence-corrected chi connectivity index (χ1v) is 6.92. The summed E-state index contributed by atoms with van der Waals surface area (Å²) in [5.74, 6) is 0. The Morgan fingerprint density at radius 3 is 3.10 bits per heavy atom. The van der Waals surface area contributed by atoms with E-state index in [2.05, 4.69) is 16.4 Å². The van der Waals surface area contributed by atoms with E-state index in [0.29, 0.717) is 6.61 Å². The predicted octanol–water partition coefficient (Wildman–Crippen LogP) is 2.22. The normalized spacial score (nSPS) is 12.4. The minimum atomic E-state index is -0.353. The van der Waals surface area contributed by atoms with Crippen molar-refractivity contribution >= 4 is 5.65 Å². The maximum Gasteiger partial charge on any atom is 0.138 e. The van der Waals surface area contributed by atoms with Crippen molar-refractivity contribution in [3.63, 3.8) is 0 Å². The van der Waals surface area contributed by atoms with Crippen molar-refractivity contribution in [1.29, 1.82) is 5.26 Å². The molecule has 0 fully saturated rings. The Hall–Kier alpha value is -1.90. The Labute approximate surface area is 119 Å². The van der Waals surface area contributed by atoms with Crippen LogP contribution in [-0.4, -0.2) is 29.1 Å². The van der Waals surface area contributed by atoms with Crippen LogP contribution in [0.1, 0.15) is 30.8 Å². The van der Waals surface area contributed by atoms with Gasteiger partial charge < -0.3 is 9.14 Å². The van der Waals surface area contributed by atoms with Gasteiger partial charge >= 0.3 is 0 Å². The Morgan fingerprint density at radius 2 is 2.35 bits per heavy atom. The molecule has 1 atom stereocenters. The second-order valence-electron chi connectivity index (χ2n) is 4.58. The number of hydrogen-bond acceptors (Lipinski definition) is 4. The monoisotopic (exact) mass is 272 g/mol. The summed E-state index contributed by atoms with van der Waals surface area (Å²) in [4.78, 5) is 4.49. The summed E-state index contributed by atoms with van der Waals surface area (Å²) in [6.07, 6.45) is 2.83. The fraction of sp³-hybridized carbons (Fsp3) is 0.467. The quantitative estimate of drug-likeness (QED) is 0.785. The number of aromatic nitrogens is 2. The largest absolute Gasteiger partial charge is 0.382 e. The first-order chi connectivity index (χ1) is 9.77. The summed E-state index contributed by atoms with van der Waals surface area (Å²) in [5, 5.41) is 12.7. The van der Waals surface area contributed by atoms with Crippen LogP contribution in [0.5, 0.6) is 0 Å². The molecule has 0 radical (unpaired) electrons. The molecule has 0 saturated carbocycles. The molecule has 2 aromatic rings. The second-order valence-corrected chi connectivity index (χ2v) is 4.58. The van der Waals surface area contributed by atoms with Crippen molar-refractivity contribution < 1.29 is 4.74 Å². The summed E-state index contributed by atoms with van der Waals surface area (Å²) in [7, 11) is 0. The number of fused-ring (bicyclic) bond motifs is 1. The van der Waals surface area contributed by atoms with Crippen molar-refractivity contribution in [2.75, 3.05) is 19.8 Å². The second kappa shape index (κ2) is 7.04. The van der Waals surface area contributed by atoms with Gasteiger partial charge in [-0.25, -0.2) is 4.98 Å². The SMILES string of the molecule is CCOCCCNC(C#N)c1c(C)nc2ccccn12. The van der Waals surface area contributed by atoms with Gasteiger partial charge in [-0.2, -0.15) is 5.26 Å². The lowest BCUT2D eigenvalue weighted by Gasteiger charge is -2.12. The third kappa shape index (κ3) is 3.16. The summed E-state index contributed by atoms with van der Waals surface area (Å²) < 4.78 is 7.26. The molecule has 1 N–H and O–H groups in total. The summed E-state index contributed by atoms with van der Waals surface area (Å²) >= 11 is 0. The molecule has 0 aromatic carbocycles. The van der Waals surface area contributed by atoms with E-state index in [1.807, 2.05) is 42.6 Å². The van der Waals surface area contributed by atoms with E-state index in [1.54, 1.807) is 0 Å².